The third kappa shape index (κ3) is 7.79. The highest BCUT2D eigenvalue weighted by Crippen LogP contribution is 2.29. The first-order chi connectivity index (χ1) is 17.0. The van der Waals surface area contributed by atoms with E-state index >= 15 is 0 Å². The molecule has 0 aromatic heterocycles. The largest absolute Gasteiger partial charge is 0.493 e. The predicted octanol–water partition coefficient (Wildman–Crippen LogP) is 4.34. The molecule has 9 heteroatoms. The van der Waals surface area contributed by atoms with Gasteiger partial charge in [0, 0.05) is 23.0 Å². The average Bonchev–Trinajstić information content (AvgIpc) is 2.88. The van der Waals surface area contributed by atoms with Crippen LogP contribution in [-0.2, 0) is 4.79 Å². The fraction of sp³-hybridized carbons (Fsp3) is 0.154. The molecule has 35 heavy (non-hydrogen) atoms. The molecule has 0 bridgehead atoms. The van der Waals surface area contributed by atoms with E-state index in [-0.39, 0.29) is 24.0 Å². The average molecular weight is 538 g/mol. The number of nitrogens with one attached hydrogen (secondary N) is 2. The summed E-state index contributed by atoms with van der Waals surface area (Å²) >= 11 is 3.33. The number of halogens is 1. The highest BCUT2D eigenvalue weighted by atomic mass is 79.9. The third-order valence-corrected chi connectivity index (χ3v) is 5.48. The summed E-state index contributed by atoms with van der Waals surface area (Å²) in [5.41, 5.74) is 4.05. The molecule has 2 N–H and O–H groups in total. The number of amides is 2. The van der Waals surface area contributed by atoms with Crippen molar-refractivity contribution in [1.29, 1.82) is 0 Å². The molecule has 180 valence electrons. The Kier molecular flexibility index (Phi) is 9.56. The number of hydrogen-bond acceptors (Lipinski definition) is 6. The van der Waals surface area contributed by atoms with Gasteiger partial charge in [0.25, 0.3) is 5.91 Å². The molecule has 0 radical (unpaired) electrons. The number of benzene rings is 3. The van der Waals surface area contributed by atoms with Gasteiger partial charge in [0.2, 0.25) is 5.91 Å². The molecule has 0 spiro atoms. The van der Waals surface area contributed by atoms with Gasteiger partial charge in [0.1, 0.15) is 0 Å². The Labute approximate surface area is 211 Å². The molecule has 0 aliphatic carbocycles. The number of ether oxygens (including phenoxy) is 2. The van der Waals surface area contributed by atoms with Crippen LogP contribution in [-0.4, -0.2) is 37.7 Å². The maximum absolute atomic E-state index is 12.4. The zero-order valence-electron chi connectivity index (χ0n) is 19.0. The summed E-state index contributed by atoms with van der Waals surface area (Å²) in [5, 5.41) is 6.72. The predicted molar refractivity (Wildman–Crippen MR) is 136 cm³/mol. The van der Waals surface area contributed by atoms with Crippen LogP contribution >= 0.6 is 15.9 Å². The molecule has 0 aliphatic rings. The monoisotopic (exact) mass is 537 g/mol. The quantitative estimate of drug-likeness (QED) is 0.131. The normalized spacial score (nSPS) is 10.6. The van der Waals surface area contributed by atoms with Crippen LogP contribution in [0.25, 0.3) is 0 Å². The van der Waals surface area contributed by atoms with Crippen molar-refractivity contribution < 1.29 is 23.9 Å². The van der Waals surface area contributed by atoms with E-state index in [0.29, 0.717) is 39.9 Å². The van der Waals surface area contributed by atoms with Gasteiger partial charge in [-0.05, 0) is 70.4 Å². The van der Waals surface area contributed by atoms with Gasteiger partial charge in [0.05, 0.1) is 18.9 Å². The Morgan fingerprint density at radius 2 is 1.71 bits per heavy atom. The number of hydrogen-bond donors (Lipinski definition) is 2. The van der Waals surface area contributed by atoms with Crippen LogP contribution in [0, 0.1) is 0 Å². The van der Waals surface area contributed by atoms with Gasteiger partial charge >= 0.3 is 5.97 Å². The first-order valence-electron chi connectivity index (χ1n) is 10.8. The molecular weight excluding hydrogens is 514 g/mol. The van der Waals surface area contributed by atoms with Crippen LogP contribution < -0.4 is 20.2 Å². The molecule has 2 amide bonds. The molecule has 8 nitrogen and oxygen atoms in total. The smallest absolute Gasteiger partial charge is 0.344 e. The Morgan fingerprint density at radius 3 is 2.46 bits per heavy atom. The number of carbonyl (C=O) groups is 3. The lowest BCUT2D eigenvalue weighted by atomic mass is 10.2. The van der Waals surface area contributed by atoms with Gasteiger partial charge in [0.15, 0.2) is 11.5 Å². The summed E-state index contributed by atoms with van der Waals surface area (Å²) in [4.78, 5) is 36.4. The van der Waals surface area contributed by atoms with E-state index < -0.39 is 5.97 Å². The Morgan fingerprint density at radius 1 is 0.971 bits per heavy atom. The van der Waals surface area contributed by atoms with Crippen LogP contribution in [0.5, 0.6) is 11.5 Å². The van der Waals surface area contributed by atoms with E-state index in [2.05, 4.69) is 31.8 Å². The Hall–Kier alpha value is -3.98. The zero-order chi connectivity index (χ0) is 25.0. The maximum atomic E-state index is 12.4. The number of carbonyl (C=O) groups excluding carboxylic acids is 3. The summed E-state index contributed by atoms with van der Waals surface area (Å²) in [6.45, 7) is 0.377. The second kappa shape index (κ2) is 13.0. The molecule has 0 atom stereocenters. The van der Waals surface area contributed by atoms with Crippen LogP contribution in [0.3, 0.4) is 0 Å². The summed E-state index contributed by atoms with van der Waals surface area (Å²) in [6.07, 6.45) is 2.14. The fourth-order valence-corrected chi connectivity index (χ4v) is 3.45. The molecule has 0 saturated heterocycles. The first kappa shape index (κ1) is 25.6. The molecular formula is C26H24BrN3O5. The summed E-state index contributed by atoms with van der Waals surface area (Å²) in [6, 6.07) is 20.7. The van der Waals surface area contributed by atoms with E-state index in [4.69, 9.17) is 9.47 Å². The Bertz CT molecular complexity index is 1210. The van der Waals surface area contributed by atoms with E-state index in [9.17, 15) is 14.4 Å². The van der Waals surface area contributed by atoms with Crippen LogP contribution in [0.2, 0.25) is 0 Å². The van der Waals surface area contributed by atoms with Crippen LogP contribution in [0.15, 0.2) is 82.4 Å². The van der Waals surface area contributed by atoms with Crippen LogP contribution in [0.4, 0.5) is 0 Å². The van der Waals surface area contributed by atoms with E-state index in [1.165, 1.54) is 13.3 Å². The minimum Gasteiger partial charge on any atom is -0.493 e. The van der Waals surface area contributed by atoms with Crippen molar-refractivity contribution in [3.8, 4) is 11.5 Å². The second-order valence-corrected chi connectivity index (χ2v) is 8.15. The maximum Gasteiger partial charge on any atom is 0.344 e. The van der Waals surface area contributed by atoms with Crippen molar-refractivity contribution in [2.24, 2.45) is 5.10 Å². The second-order valence-electron chi connectivity index (χ2n) is 7.30. The molecule has 0 unspecified atom stereocenters. The van der Waals surface area contributed by atoms with Crippen molar-refractivity contribution in [3.63, 3.8) is 0 Å². The van der Waals surface area contributed by atoms with Gasteiger partial charge in [-0.25, -0.2) is 10.2 Å². The van der Waals surface area contributed by atoms with Crippen molar-refractivity contribution >= 4 is 39.9 Å². The van der Waals surface area contributed by atoms with Gasteiger partial charge in [-0.2, -0.15) is 5.10 Å². The zero-order valence-corrected chi connectivity index (χ0v) is 20.6. The highest BCUT2D eigenvalue weighted by Gasteiger charge is 2.15. The SMILES string of the molecule is COc1cc(C=NNC(=O)CCCNC(=O)c2ccccc2)ccc1OC(=O)c1ccccc1Br. The first-order valence-corrected chi connectivity index (χ1v) is 11.6. The van der Waals surface area contributed by atoms with Crippen LogP contribution in [0.1, 0.15) is 39.1 Å². The molecule has 3 aromatic carbocycles. The van der Waals surface area contributed by atoms with Crippen molar-refractivity contribution in [2.45, 2.75) is 12.8 Å². The van der Waals surface area contributed by atoms with Crippen molar-refractivity contribution in [3.05, 3.63) is 94.0 Å². The van der Waals surface area contributed by atoms with E-state index in [0.717, 1.165) is 0 Å². The lowest BCUT2D eigenvalue weighted by Gasteiger charge is -2.10. The Balaban J connectivity index is 1.46. The molecule has 0 heterocycles. The number of esters is 1. The number of hydrazone groups is 1. The third-order valence-electron chi connectivity index (χ3n) is 4.79. The lowest BCUT2D eigenvalue weighted by molar-refractivity contribution is -0.121. The topological polar surface area (TPSA) is 106 Å². The van der Waals surface area contributed by atoms with Crippen molar-refractivity contribution in [1.82, 2.24) is 10.7 Å². The molecule has 3 rings (SSSR count). The van der Waals surface area contributed by atoms with Gasteiger partial charge in [-0.3, -0.25) is 9.59 Å². The van der Waals surface area contributed by atoms with Gasteiger partial charge in [-0.1, -0.05) is 30.3 Å². The fourth-order valence-electron chi connectivity index (χ4n) is 3.01. The standard InChI is InChI=1S/C26H24BrN3O5/c1-34-23-16-18(13-14-22(23)35-26(33)20-10-5-6-11-21(20)27)17-29-30-24(31)12-7-15-28-25(32)19-8-3-2-4-9-19/h2-6,8-11,13-14,16-17H,7,12,15H2,1H3,(H,28,32)(H,30,31). The number of rotatable bonds is 10. The molecule has 0 aliphatic heterocycles. The summed E-state index contributed by atoms with van der Waals surface area (Å²) < 4.78 is 11.4. The molecule has 0 fully saturated rings. The van der Waals surface area contributed by atoms with Crippen molar-refractivity contribution in [2.75, 3.05) is 13.7 Å². The summed E-state index contributed by atoms with van der Waals surface area (Å²) in [5.74, 6) is -0.379. The van der Waals surface area contributed by atoms with Gasteiger partial charge < -0.3 is 14.8 Å². The molecule has 0 saturated carbocycles. The minimum absolute atomic E-state index is 0.177. The number of nitrogens with zero attached hydrogens (tertiary/aromatic N) is 1. The van der Waals surface area contributed by atoms with E-state index in [1.807, 2.05) is 6.07 Å². The molecule has 3 aromatic rings. The highest BCUT2D eigenvalue weighted by molar-refractivity contribution is 9.10. The number of methoxy groups -OCH3 is 1. The van der Waals surface area contributed by atoms with Gasteiger partial charge in [-0.15, -0.1) is 0 Å². The van der Waals surface area contributed by atoms with E-state index in [1.54, 1.807) is 66.7 Å². The lowest BCUT2D eigenvalue weighted by Crippen LogP contribution is -2.26. The minimum atomic E-state index is -0.524. The summed E-state index contributed by atoms with van der Waals surface area (Å²) in [7, 11) is 1.46.